The highest BCUT2D eigenvalue weighted by Gasteiger charge is 2.13. The second kappa shape index (κ2) is 4.65. The van der Waals surface area contributed by atoms with Crippen molar-refractivity contribution in [2.75, 3.05) is 5.32 Å². The molecule has 0 atom stereocenters. The Morgan fingerprint density at radius 3 is 3.11 bits per heavy atom. The number of hydrogen-bond donors (Lipinski definition) is 1. The predicted octanol–water partition coefficient (Wildman–Crippen LogP) is 1.08. The minimum absolute atomic E-state index is 0.164. The molecule has 0 saturated heterocycles. The lowest BCUT2D eigenvalue weighted by molar-refractivity contribution is -0.116. The first kappa shape index (κ1) is 11.6. The molecule has 19 heavy (non-hydrogen) atoms. The molecule has 0 spiro atoms. The zero-order chi connectivity index (χ0) is 13.2. The molecule has 0 bridgehead atoms. The van der Waals surface area contributed by atoms with Crippen LogP contribution in [0.3, 0.4) is 0 Å². The van der Waals surface area contributed by atoms with Crippen molar-refractivity contribution < 1.29 is 9.21 Å². The molecule has 3 heterocycles. The Morgan fingerprint density at radius 2 is 2.32 bits per heavy atom. The van der Waals surface area contributed by atoms with E-state index < -0.39 is 5.76 Å². The van der Waals surface area contributed by atoms with Crippen molar-refractivity contribution in [1.82, 2.24) is 14.5 Å². The zero-order valence-electron chi connectivity index (χ0n) is 9.57. The topological polar surface area (TPSA) is 90.0 Å². The molecule has 0 fully saturated rings. The summed E-state index contributed by atoms with van der Waals surface area (Å²) in [6.07, 6.45) is 3.12. The SMILES string of the molecule is O=C(Cn1c(=O)oc2cccnc21)Nc1nccs1. The molecule has 3 aromatic heterocycles. The van der Waals surface area contributed by atoms with Gasteiger partial charge in [-0.2, -0.15) is 0 Å². The fourth-order valence-electron chi connectivity index (χ4n) is 1.63. The van der Waals surface area contributed by atoms with Crippen LogP contribution in [-0.4, -0.2) is 20.4 Å². The molecule has 96 valence electrons. The second-order valence-corrected chi connectivity index (χ2v) is 4.56. The highest BCUT2D eigenvalue weighted by atomic mass is 32.1. The summed E-state index contributed by atoms with van der Waals surface area (Å²) in [5.74, 6) is -0.964. The Balaban J connectivity index is 1.87. The number of oxazole rings is 1. The quantitative estimate of drug-likeness (QED) is 0.773. The van der Waals surface area contributed by atoms with E-state index >= 15 is 0 Å². The van der Waals surface area contributed by atoms with Crippen LogP contribution in [-0.2, 0) is 11.3 Å². The van der Waals surface area contributed by atoms with Crippen LogP contribution in [0.15, 0.2) is 39.1 Å². The monoisotopic (exact) mass is 276 g/mol. The summed E-state index contributed by atoms with van der Waals surface area (Å²) >= 11 is 1.30. The Bertz CT molecular complexity index is 775. The maximum atomic E-state index is 11.8. The predicted molar refractivity (Wildman–Crippen MR) is 69.0 cm³/mol. The minimum atomic E-state index is -0.608. The fraction of sp³-hybridized carbons (Fsp3) is 0.0909. The first-order valence-electron chi connectivity index (χ1n) is 5.38. The van der Waals surface area contributed by atoms with Crippen LogP contribution >= 0.6 is 11.3 Å². The van der Waals surface area contributed by atoms with Gasteiger partial charge in [-0.3, -0.25) is 4.79 Å². The van der Waals surface area contributed by atoms with E-state index in [9.17, 15) is 9.59 Å². The number of pyridine rings is 1. The molecule has 3 aromatic rings. The Morgan fingerprint density at radius 1 is 1.42 bits per heavy atom. The summed E-state index contributed by atoms with van der Waals surface area (Å²) in [7, 11) is 0. The van der Waals surface area contributed by atoms with E-state index in [2.05, 4.69) is 15.3 Å². The van der Waals surface area contributed by atoms with Gasteiger partial charge in [0, 0.05) is 17.8 Å². The van der Waals surface area contributed by atoms with Crippen molar-refractivity contribution in [1.29, 1.82) is 0 Å². The summed E-state index contributed by atoms with van der Waals surface area (Å²) in [6.45, 7) is -0.164. The normalized spacial score (nSPS) is 10.7. The highest BCUT2D eigenvalue weighted by molar-refractivity contribution is 7.13. The summed E-state index contributed by atoms with van der Waals surface area (Å²) in [5.41, 5.74) is 0.705. The number of fused-ring (bicyclic) bond motifs is 1. The average molecular weight is 276 g/mol. The summed E-state index contributed by atoms with van der Waals surface area (Å²) in [6, 6.07) is 3.28. The minimum Gasteiger partial charge on any atom is -0.406 e. The van der Waals surface area contributed by atoms with Gasteiger partial charge in [-0.15, -0.1) is 11.3 Å². The summed E-state index contributed by atoms with van der Waals surface area (Å²) in [4.78, 5) is 31.4. The van der Waals surface area contributed by atoms with Gasteiger partial charge in [0.2, 0.25) is 5.91 Å². The fourth-order valence-corrected chi connectivity index (χ4v) is 2.17. The van der Waals surface area contributed by atoms with Crippen LogP contribution in [0.2, 0.25) is 0 Å². The maximum Gasteiger partial charge on any atom is 0.421 e. The standard InChI is InChI=1S/C11H8N4O3S/c16-8(14-10-13-4-5-19-10)6-15-9-7(18-11(15)17)2-1-3-12-9/h1-5H,6H2,(H,13,14,16). The Labute approximate surface area is 110 Å². The molecule has 0 aliphatic rings. The number of nitrogens with one attached hydrogen (secondary N) is 1. The van der Waals surface area contributed by atoms with Gasteiger partial charge in [0.15, 0.2) is 16.4 Å². The molecule has 0 saturated carbocycles. The van der Waals surface area contributed by atoms with E-state index in [1.807, 2.05) is 0 Å². The number of anilines is 1. The van der Waals surface area contributed by atoms with Crippen LogP contribution in [0.4, 0.5) is 5.13 Å². The van der Waals surface area contributed by atoms with E-state index in [0.717, 1.165) is 0 Å². The lowest BCUT2D eigenvalue weighted by Gasteiger charge is -2.01. The van der Waals surface area contributed by atoms with Crippen molar-refractivity contribution in [3.8, 4) is 0 Å². The number of amides is 1. The zero-order valence-corrected chi connectivity index (χ0v) is 10.4. The van der Waals surface area contributed by atoms with Crippen LogP contribution in [0.1, 0.15) is 0 Å². The highest BCUT2D eigenvalue weighted by Crippen LogP contribution is 2.11. The molecular weight excluding hydrogens is 268 g/mol. The lowest BCUT2D eigenvalue weighted by atomic mass is 10.4. The molecule has 1 amide bonds. The van der Waals surface area contributed by atoms with E-state index in [-0.39, 0.29) is 12.5 Å². The lowest BCUT2D eigenvalue weighted by Crippen LogP contribution is -2.25. The van der Waals surface area contributed by atoms with Crippen LogP contribution < -0.4 is 11.1 Å². The third-order valence-corrected chi connectivity index (χ3v) is 3.09. The molecule has 0 aromatic carbocycles. The van der Waals surface area contributed by atoms with Crippen molar-refractivity contribution in [2.45, 2.75) is 6.54 Å². The van der Waals surface area contributed by atoms with Gasteiger partial charge in [0.05, 0.1) is 0 Å². The molecular formula is C11H8N4O3S. The largest absolute Gasteiger partial charge is 0.421 e. The van der Waals surface area contributed by atoms with Gasteiger partial charge in [0.1, 0.15) is 6.54 Å². The second-order valence-electron chi connectivity index (χ2n) is 3.66. The number of carbonyl (C=O) groups excluding carboxylic acids is 1. The number of aromatic nitrogens is 3. The van der Waals surface area contributed by atoms with Crippen molar-refractivity contribution >= 4 is 33.6 Å². The van der Waals surface area contributed by atoms with Crippen molar-refractivity contribution in [2.24, 2.45) is 0 Å². The maximum absolute atomic E-state index is 11.8. The third kappa shape index (κ3) is 2.25. The molecule has 8 heteroatoms. The third-order valence-electron chi connectivity index (χ3n) is 2.40. The first-order chi connectivity index (χ1) is 9.24. The van der Waals surface area contributed by atoms with Crippen LogP contribution in [0, 0.1) is 0 Å². The van der Waals surface area contributed by atoms with Gasteiger partial charge in [-0.25, -0.2) is 19.3 Å². The summed E-state index contributed by atoms with van der Waals surface area (Å²) in [5, 5.41) is 4.82. The van der Waals surface area contributed by atoms with Crippen LogP contribution in [0.25, 0.3) is 11.2 Å². The van der Waals surface area contributed by atoms with E-state index in [1.165, 1.54) is 22.1 Å². The van der Waals surface area contributed by atoms with Gasteiger partial charge in [-0.1, -0.05) is 0 Å². The van der Waals surface area contributed by atoms with Crippen LogP contribution in [0.5, 0.6) is 0 Å². The van der Waals surface area contributed by atoms with E-state index in [1.54, 1.807) is 23.7 Å². The Hall–Kier alpha value is -2.48. The van der Waals surface area contributed by atoms with Gasteiger partial charge in [-0.05, 0) is 12.1 Å². The molecule has 1 N–H and O–H groups in total. The number of nitrogens with zero attached hydrogens (tertiary/aromatic N) is 3. The molecule has 0 aliphatic heterocycles. The first-order valence-corrected chi connectivity index (χ1v) is 6.26. The van der Waals surface area contributed by atoms with Gasteiger partial charge in [0.25, 0.3) is 0 Å². The molecule has 0 aliphatic carbocycles. The van der Waals surface area contributed by atoms with E-state index in [4.69, 9.17) is 4.42 Å². The molecule has 0 radical (unpaired) electrons. The molecule has 3 rings (SSSR count). The number of rotatable bonds is 3. The number of thiazole rings is 1. The van der Waals surface area contributed by atoms with Crippen molar-refractivity contribution in [3.63, 3.8) is 0 Å². The van der Waals surface area contributed by atoms with Gasteiger partial charge < -0.3 is 9.73 Å². The van der Waals surface area contributed by atoms with Gasteiger partial charge >= 0.3 is 5.76 Å². The number of hydrogen-bond acceptors (Lipinski definition) is 6. The smallest absolute Gasteiger partial charge is 0.406 e. The average Bonchev–Trinajstić information content (AvgIpc) is 2.99. The Kier molecular flexibility index (Phi) is 2.84. The van der Waals surface area contributed by atoms with E-state index in [0.29, 0.717) is 16.4 Å². The molecule has 7 nitrogen and oxygen atoms in total. The summed E-state index contributed by atoms with van der Waals surface area (Å²) < 4.78 is 6.17. The van der Waals surface area contributed by atoms with Crippen molar-refractivity contribution in [3.05, 3.63) is 40.5 Å². The number of carbonyl (C=O) groups is 1. The molecule has 0 unspecified atom stereocenters.